The lowest BCUT2D eigenvalue weighted by Crippen LogP contribution is -2.35. The molecule has 2 aliphatic rings. The Bertz CT molecular complexity index is 719. The minimum atomic E-state index is -0.499. The standard InChI is InChI=1S/C21H29N3O2/c1-15-6-4-7-17(12-15)26-14-16(25)13-24-11-5-10-20(24)21-22-18-8-2-3-9-19(18)23-21/h4,6-7,12,16,20,25H,2-3,5,8-11,13-14H2,1H3,(H,22,23)/t16-,20-/m0/s1. The van der Waals surface area contributed by atoms with Gasteiger partial charge in [-0.25, -0.2) is 4.98 Å². The molecule has 1 aromatic carbocycles. The summed E-state index contributed by atoms with van der Waals surface area (Å²) in [5.74, 6) is 1.92. The van der Waals surface area contributed by atoms with Crippen LogP contribution in [0.2, 0.25) is 0 Å². The minimum absolute atomic E-state index is 0.300. The third-order valence-electron chi connectivity index (χ3n) is 5.53. The van der Waals surface area contributed by atoms with Gasteiger partial charge in [0.15, 0.2) is 0 Å². The van der Waals surface area contributed by atoms with E-state index in [0.29, 0.717) is 19.2 Å². The molecule has 2 heterocycles. The molecular formula is C21H29N3O2. The monoisotopic (exact) mass is 355 g/mol. The van der Waals surface area contributed by atoms with Crippen molar-refractivity contribution in [2.75, 3.05) is 19.7 Å². The van der Waals surface area contributed by atoms with Gasteiger partial charge in [-0.3, -0.25) is 4.90 Å². The number of likely N-dealkylation sites (tertiary alicyclic amines) is 1. The quantitative estimate of drug-likeness (QED) is 0.835. The number of aliphatic hydroxyl groups is 1. The molecule has 4 rings (SSSR count). The van der Waals surface area contributed by atoms with Gasteiger partial charge in [0.25, 0.3) is 0 Å². The van der Waals surface area contributed by atoms with E-state index < -0.39 is 6.10 Å². The lowest BCUT2D eigenvalue weighted by atomic mass is 10.0. The number of benzene rings is 1. The molecule has 0 radical (unpaired) electrons. The maximum absolute atomic E-state index is 10.5. The van der Waals surface area contributed by atoms with E-state index in [9.17, 15) is 5.11 Å². The van der Waals surface area contributed by atoms with E-state index in [2.05, 4.69) is 9.88 Å². The second kappa shape index (κ2) is 7.80. The van der Waals surface area contributed by atoms with Crippen LogP contribution in [-0.2, 0) is 12.8 Å². The van der Waals surface area contributed by atoms with Gasteiger partial charge in [-0.1, -0.05) is 12.1 Å². The summed E-state index contributed by atoms with van der Waals surface area (Å²) < 4.78 is 5.77. The molecule has 1 aliphatic carbocycles. The highest BCUT2D eigenvalue weighted by molar-refractivity contribution is 5.27. The summed E-state index contributed by atoms with van der Waals surface area (Å²) in [6.45, 7) is 4.00. The highest BCUT2D eigenvalue weighted by Crippen LogP contribution is 2.32. The SMILES string of the molecule is Cc1cccc(OC[C@@H](O)CN2CCC[C@H]2c2nc3c([nH]2)CCCC3)c1. The van der Waals surface area contributed by atoms with Gasteiger partial charge in [-0.2, -0.15) is 0 Å². The van der Waals surface area contributed by atoms with Crippen LogP contribution in [0.5, 0.6) is 5.75 Å². The zero-order valence-electron chi connectivity index (χ0n) is 15.6. The average molecular weight is 355 g/mol. The van der Waals surface area contributed by atoms with Crippen molar-refractivity contribution in [3.8, 4) is 5.75 Å². The lowest BCUT2D eigenvalue weighted by molar-refractivity contribution is 0.0628. The summed E-state index contributed by atoms with van der Waals surface area (Å²) in [6.07, 6.45) is 6.51. The molecule has 2 atom stereocenters. The topological polar surface area (TPSA) is 61.4 Å². The summed E-state index contributed by atoms with van der Waals surface area (Å²) in [7, 11) is 0. The number of hydrogen-bond donors (Lipinski definition) is 2. The zero-order valence-corrected chi connectivity index (χ0v) is 15.6. The van der Waals surface area contributed by atoms with Crippen molar-refractivity contribution >= 4 is 0 Å². The Labute approximate surface area is 155 Å². The van der Waals surface area contributed by atoms with Gasteiger partial charge in [-0.05, 0) is 69.7 Å². The molecule has 1 aliphatic heterocycles. The molecule has 5 nitrogen and oxygen atoms in total. The minimum Gasteiger partial charge on any atom is -0.491 e. The number of rotatable bonds is 6. The number of aromatic amines is 1. The number of imidazole rings is 1. The molecule has 1 aromatic heterocycles. The second-order valence-corrected chi connectivity index (χ2v) is 7.69. The predicted molar refractivity (Wildman–Crippen MR) is 101 cm³/mol. The fraction of sp³-hybridized carbons (Fsp3) is 0.571. The largest absolute Gasteiger partial charge is 0.491 e. The maximum atomic E-state index is 10.5. The van der Waals surface area contributed by atoms with Crippen molar-refractivity contribution < 1.29 is 9.84 Å². The number of β-amino-alcohol motifs (C(OH)–C–C–N with tert-alkyl or cyclic N) is 1. The summed E-state index contributed by atoms with van der Waals surface area (Å²) in [4.78, 5) is 10.8. The van der Waals surface area contributed by atoms with E-state index in [0.717, 1.165) is 43.8 Å². The summed E-state index contributed by atoms with van der Waals surface area (Å²) in [6, 6.07) is 8.26. The van der Waals surface area contributed by atoms with E-state index in [1.54, 1.807) is 0 Å². The van der Waals surface area contributed by atoms with Crippen LogP contribution in [0.25, 0.3) is 0 Å². The summed E-state index contributed by atoms with van der Waals surface area (Å²) in [5, 5.41) is 10.5. The molecule has 2 aromatic rings. The van der Waals surface area contributed by atoms with Crippen LogP contribution in [0, 0.1) is 6.92 Å². The number of fused-ring (bicyclic) bond motifs is 1. The first-order chi connectivity index (χ1) is 12.7. The Morgan fingerprint density at radius 2 is 2.19 bits per heavy atom. The first-order valence-electron chi connectivity index (χ1n) is 9.88. The van der Waals surface area contributed by atoms with Crippen LogP contribution in [-0.4, -0.2) is 45.8 Å². The van der Waals surface area contributed by atoms with E-state index in [-0.39, 0.29) is 0 Å². The Hall–Kier alpha value is -1.85. The number of aryl methyl sites for hydroxylation is 3. The number of H-pyrrole nitrogens is 1. The fourth-order valence-corrected chi connectivity index (χ4v) is 4.21. The highest BCUT2D eigenvalue weighted by Gasteiger charge is 2.31. The first-order valence-corrected chi connectivity index (χ1v) is 9.88. The van der Waals surface area contributed by atoms with Crippen molar-refractivity contribution in [1.29, 1.82) is 0 Å². The van der Waals surface area contributed by atoms with Crippen LogP contribution in [0.4, 0.5) is 0 Å². The van der Waals surface area contributed by atoms with E-state index >= 15 is 0 Å². The molecule has 0 saturated carbocycles. The average Bonchev–Trinajstić information content (AvgIpc) is 3.26. The number of nitrogens with one attached hydrogen (secondary N) is 1. The van der Waals surface area contributed by atoms with Crippen molar-refractivity contribution in [1.82, 2.24) is 14.9 Å². The van der Waals surface area contributed by atoms with Crippen molar-refractivity contribution in [2.24, 2.45) is 0 Å². The number of nitrogens with zero attached hydrogens (tertiary/aromatic N) is 2. The molecule has 5 heteroatoms. The van der Waals surface area contributed by atoms with Gasteiger partial charge in [0.1, 0.15) is 24.3 Å². The molecule has 1 saturated heterocycles. The molecule has 0 spiro atoms. The number of aliphatic hydroxyl groups excluding tert-OH is 1. The van der Waals surface area contributed by atoms with Gasteiger partial charge in [0, 0.05) is 12.2 Å². The van der Waals surface area contributed by atoms with Crippen LogP contribution >= 0.6 is 0 Å². The lowest BCUT2D eigenvalue weighted by Gasteiger charge is -2.25. The van der Waals surface area contributed by atoms with Crippen LogP contribution < -0.4 is 4.74 Å². The number of ether oxygens (including phenoxy) is 1. The van der Waals surface area contributed by atoms with Crippen LogP contribution in [0.1, 0.15) is 54.5 Å². The Morgan fingerprint density at radius 1 is 1.31 bits per heavy atom. The Kier molecular flexibility index (Phi) is 5.27. The van der Waals surface area contributed by atoms with Gasteiger partial charge < -0.3 is 14.8 Å². The highest BCUT2D eigenvalue weighted by atomic mass is 16.5. The zero-order chi connectivity index (χ0) is 17.9. The molecule has 2 N–H and O–H groups in total. The van der Waals surface area contributed by atoms with Crippen LogP contribution in [0.3, 0.4) is 0 Å². The van der Waals surface area contributed by atoms with E-state index in [1.807, 2.05) is 31.2 Å². The third kappa shape index (κ3) is 3.94. The van der Waals surface area contributed by atoms with Gasteiger partial charge >= 0.3 is 0 Å². The Balaban J connectivity index is 1.35. The van der Waals surface area contributed by atoms with E-state index in [4.69, 9.17) is 9.72 Å². The molecule has 0 bridgehead atoms. The smallest absolute Gasteiger partial charge is 0.124 e. The molecular weight excluding hydrogens is 326 g/mol. The fourth-order valence-electron chi connectivity index (χ4n) is 4.21. The molecule has 0 amide bonds. The van der Waals surface area contributed by atoms with Crippen molar-refractivity contribution in [2.45, 2.75) is 57.6 Å². The normalized spacial score (nSPS) is 21.5. The second-order valence-electron chi connectivity index (χ2n) is 7.69. The first kappa shape index (κ1) is 17.6. The summed E-state index contributed by atoms with van der Waals surface area (Å²) >= 11 is 0. The molecule has 140 valence electrons. The predicted octanol–water partition coefficient (Wildman–Crippen LogP) is 3.17. The third-order valence-corrected chi connectivity index (χ3v) is 5.53. The van der Waals surface area contributed by atoms with Crippen molar-refractivity contribution in [3.05, 3.63) is 47.0 Å². The molecule has 0 unspecified atom stereocenters. The van der Waals surface area contributed by atoms with Gasteiger partial charge in [0.05, 0.1) is 11.7 Å². The number of aromatic nitrogens is 2. The molecule has 26 heavy (non-hydrogen) atoms. The van der Waals surface area contributed by atoms with Crippen molar-refractivity contribution in [3.63, 3.8) is 0 Å². The number of hydrogen-bond acceptors (Lipinski definition) is 4. The maximum Gasteiger partial charge on any atom is 0.124 e. The molecule has 1 fully saturated rings. The van der Waals surface area contributed by atoms with Crippen LogP contribution in [0.15, 0.2) is 24.3 Å². The Morgan fingerprint density at radius 3 is 3.04 bits per heavy atom. The summed E-state index contributed by atoms with van der Waals surface area (Å²) in [5.41, 5.74) is 3.77. The van der Waals surface area contributed by atoms with Gasteiger partial charge in [-0.15, -0.1) is 0 Å². The van der Waals surface area contributed by atoms with Gasteiger partial charge in [0.2, 0.25) is 0 Å². The van der Waals surface area contributed by atoms with E-state index in [1.165, 1.54) is 29.8 Å².